The summed E-state index contributed by atoms with van der Waals surface area (Å²) in [5, 5.41) is 16.3. The van der Waals surface area contributed by atoms with Crippen molar-refractivity contribution < 1.29 is 24.2 Å². The number of nitrogens with one attached hydrogen (secondary N) is 2. The van der Waals surface area contributed by atoms with Crippen LogP contribution in [0.2, 0.25) is 0 Å². The Kier molecular flexibility index (Phi) is 7.41. The molecule has 0 aliphatic heterocycles. The van der Waals surface area contributed by atoms with Gasteiger partial charge in [0.15, 0.2) is 0 Å². The number of ether oxygens (including phenoxy) is 1. The number of carboxylic acids is 1. The Labute approximate surface area is 192 Å². The Hall–Kier alpha value is -3.91. The second-order valence-electron chi connectivity index (χ2n) is 6.59. The number of carbonyl (C=O) groups excluding carboxylic acids is 3. The number of methoxy groups -OCH3 is 1. The van der Waals surface area contributed by atoms with Crippen LogP contribution in [0.3, 0.4) is 0 Å². The number of carboxylic acid groups (broad SMARTS) is 1. The predicted molar refractivity (Wildman–Crippen MR) is 122 cm³/mol. The summed E-state index contributed by atoms with van der Waals surface area (Å²) in [7, 11) is 1.54. The fourth-order valence-corrected chi connectivity index (χ4v) is 3.25. The Morgan fingerprint density at radius 2 is 1.69 bits per heavy atom. The third-order valence-corrected chi connectivity index (χ3v) is 5.09. The zero-order valence-corrected chi connectivity index (χ0v) is 18.5. The number of hydrogen-bond donors (Lipinski definition) is 2. The van der Waals surface area contributed by atoms with Gasteiger partial charge in [-0.05, 0) is 69.5 Å². The van der Waals surface area contributed by atoms with Crippen molar-refractivity contribution in [2.75, 3.05) is 12.4 Å². The standard InChI is InChI=1S/C24H19BrN2O5/c1-32-18-11-9-15(10-12-18)13-21(27-22(28)19-7-2-3-8-20(19)25)23(29)26-17-6-4-5-16(14-17)24(30)31/h2-14H,1H3,(H,26,29)(H,27,28)(H,30,31)/p-1/b21-13-. The first-order valence-corrected chi connectivity index (χ1v) is 10.2. The highest BCUT2D eigenvalue weighted by Gasteiger charge is 2.17. The third kappa shape index (κ3) is 5.83. The third-order valence-electron chi connectivity index (χ3n) is 4.39. The van der Waals surface area contributed by atoms with E-state index in [1.54, 1.807) is 55.6 Å². The van der Waals surface area contributed by atoms with Crippen molar-refractivity contribution in [3.8, 4) is 5.75 Å². The first-order valence-electron chi connectivity index (χ1n) is 9.42. The van der Waals surface area contributed by atoms with E-state index in [9.17, 15) is 19.5 Å². The highest BCUT2D eigenvalue weighted by Crippen LogP contribution is 2.18. The zero-order chi connectivity index (χ0) is 23.1. The van der Waals surface area contributed by atoms with Crippen molar-refractivity contribution in [2.24, 2.45) is 0 Å². The van der Waals surface area contributed by atoms with E-state index in [1.165, 1.54) is 30.3 Å². The maximum atomic E-state index is 13.0. The molecule has 0 aromatic heterocycles. The monoisotopic (exact) mass is 493 g/mol. The fraction of sp³-hybridized carbons (Fsp3) is 0.0417. The average Bonchev–Trinajstić information content (AvgIpc) is 2.79. The summed E-state index contributed by atoms with van der Waals surface area (Å²) in [5.74, 6) is -1.84. The summed E-state index contributed by atoms with van der Waals surface area (Å²) in [6, 6.07) is 19.4. The first-order chi connectivity index (χ1) is 15.4. The molecule has 0 saturated carbocycles. The molecule has 2 N–H and O–H groups in total. The molecule has 0 aliphatic carbocycles. The van der Waals surface area contributed by atoms with E-state index >= 15 is 0 Å². The molecule has 7 nitrogen and oxygen atoms in total. The smallest absolute Gasteiger partial charge is 0.272 e. The molecule has 8 heteroatoms. The molecule has 0 fully saturated rings. The number of rotatable bonds is 7. The second-order valence-corrected chi connectivity index (χ2v) is 7.44. The van der Waals surface area contributed by atoms with Crippen molar-refractivity contribution in [1.82, 2.24) is 5.32 Å². The number of halogens is 1. The van der Waals surface area contributed by atoms with Gasteiger partial charge in [0.25, 0.3) is 11.8 Å². The molecule has 3 aromatic carbocycles. The molecular formula is C24H18BrN2O5-. The Morgan fingerprint density at radius 3 is 2.34 bits per heavy atom. The van der Waals surface area contributed by atoms with E-state index < -0.39 is 17.8 Å². The lowest BCUT2D eigenvalue weighted by Crippen LogP contribution is -2.31. The van der Waals surface area contributed by atoms with Crippen LogP contribution in [0.1, 0.15) is 26.3 Å². The van der Waals surface area contributed by atoms with Crippen LogP contribution in [0.25, 0.3) is 6.08 Å². The van der Waals surface area contributed by atoms with Crippen molar-refractivity contribution >= 4 is 45.5 Å². The van der Waals surface area contributed by atoms with Crippen LogP contribution in [0.5, 0.6) is 5.75 Å². The minimum absolute atomic E-state index is 0.0326. The SMILES string of the molecule is COc1ccc(/C=C(\NC(=O)c2ccccc2Br)C(=O)Nc2cccc(C(=O)[O-])c2)cc1. The minimum atomic E-state index is -1.36. The summed E-state index contributed by atoms with van der Waals surface area (Å²) < 4.78 is 5.71. The van der Waals surface area contributed by atoms with Gasteiger partial charge in [-0.25, -0.2) is 0 Å². The van der Waals surface area contributed by atoms with Gasteiger partial charge in [-0.2, -0.15) is 0 Å². The number of carbonyl (C=O) groups is 3. The molecule has 0 heterocycles. The Bertz CT molecular complexity index is 1190. The van der Waals surface area contributed by atoms with E-state index in [4.69, 9.17) is 4.74 Å². The zero-order valence-electron chi connectivity index (χ0n) is 16.9. The Morgan fingerprint density at radius 1 is 0.969 bits per heavy atom. The number of benzene rings is 3. The molecule has 0 atom stereocenters. The van der Waals surface area contributed by atoms with Gasteiger partial charge in [0.2, 0.25) is 0 Å². The minimum Gasteiger partial charge on any atom is -0.545 e. The summed E-state index contributed by atoms with van der Waals surface area (Å²) >= 11 is 3.33. The van der Waals surface area contributed by atoms with Gasteiger partial charge in [-0.3, -0.25) is 9.59 Å². The van der Waals surface area contributed by atoms with Gasteiger partial charge in [0.05, 0.1) is 18.6 Å². The number of anilines is 1. The summed E-state index contributed by atoms with van der Waals surface area (Å²) in [6.45, 7) is 0. The maximum absolute atomic E-state index is 13.0. The van der Waals surface area contributed by atoms with E-state index in [0.29, 0.717) is 21.3 Å². The lowest BCUT2D eigenvalue weighted by atomic mass is 10.1. The normalized spacial score (nSPS) is 10.9. The predicted octanol–water partition coefficient (Wildman–Crippen LogP) is 3.23. The average molecular weight is 494 g/mol. The van der Waals surface area contributed by atoms with E-state index in [0.717, 1.165) is 0 Å². The molecule has 0 radical (unpaired) electrons. The highest BCUT2D eigenvalue weighted by molar-refractivity contribution is 9.10. The fourth-order valence-electron chi connectivity index (χ4n) is 2.78. The molecule has 3 aromatic rings. The van der Waals surface area contributed by atoms with Gasteiger partial charge in [-0.1, -0.05) is 36.4 Å². The lowest BCUT2D eigenvalue weighted by molar-refractivity contribution is -0.255. The van der Waals surface area contributed by atoms with Crippen LogP contribution in [-0.4, -0.2) is 24.9 Å². The maximum Gasteiger partial charge on any atom is 0.272 e. The van der Waals surface area contributed by atoms with Crippen LogP contribution in [0.15, 0.2) is 83.0 Å². The molecule has 162 valence electrons. The molecule has 32 heavy (non-hydrogen) atoms. The van der Waals surface area contributed by atoms with Gasteiger partial charge >= 0.3 is 0 Å². The summed E-state index contributed by atoms with van der Waals surface area (Å²) in [4.78, 5) is 36.9. The van der Waals surface area contributed by atoms with Gasteiger partial charge in [0, 0.05) is 10.2 Å². The van der Waals surface area contributed by atoms with Gasteiger partial charge < -0.3 is 25.3 Å². The van der Waals surface area contributed by atoms with Crippen molar-refractivity contribution in [3.63, 3.8) is 0 Å². The van der Waals surface area contributed by atoms with Crippen LogP contribution in [0.4, 0.5) is 5.69 Å². The topological polar surface area (TPSA) is 108 Å². The second kappa shape index (κ2) is 10.4. The molecule has 0 aliphatic rings. The number of amides is 2. The van der Waals surface area contributed by atoms with Crippen LogP contribution in [-0.2, 0) is 4.79 Å². The molecule has 0 unspecified atom stereocenters. The molecule has 0 saturated heterocycles. The molecule has 0 bridgehead atoms. The molecular weight excluding hydrogens is 476 g/mol. The van der Waals surface area contributed by atoms with E-state index in [-0.39, 0.29) is 16.9 Å². The van der Waals surface area contributed by atoms with E-state index in [1.807, 2.05) is 0 Å². The van der Waals surface area contributed by atoms with Gasteiger partial charge in [-0.15, -0.1) is 0 Å². The Balaban J connectivity index is 1.91. The summed E-state index contributed by atoms with van der Waals surface area (Å²) in [5.41, 5.74) is 1.12. The van der Waals surface area contributed by atoms with Crippen molar-refractivity contribution in [3.05, 3.63) is 99.7 Å². The lowest BCUT2D eigenvalue weighted by Gasteiger charge is -2.13. The highest BCUT2D eigenvalue weighted by atomic mass is 79.9. The first kappa shape index (κ1) is 22.8. The largest absolute Gasteiger partial charge is 0.545 e. The van der Waals surface area contributed by atoms with Crippen molar-refractivity contribution in [2.45, 2.75) is 0 Å². The number of hydrogen-bond acceptors (Lipinski definition) is 5. The van der Waals surface area contributed by atoms with Crippen LogP contribution >= 0.6 is 15.9 Å². The van der Waals surface area contributed by atoms with Gasteiger partial charge in [0.1, 0.15) is 11.4 Å². The van der Waals surface area contributed by atoms with E-state index in [2.05, 4.69) is 26.6 Å². The number of aromatic carboxylic acids is 1. The molecule has 2 amide bonds. The van der Waals surface area contributed by atoms with Crippen LogP contribution in [0, 0.1) is 0 Å². The molecule has 0 spiro atoms. The molecule has 3 rings (SSSR count). The van der Waals surface area contributed by atoms with Crippen molar-refractivity contribution in [1.29, 1.82) is 0 Å². The quantitative estimate of drug-likeness (QED) is 0.491. The van der Waals surface area contributed by atoms with Crippen LogP contribution < -0.4 is 20.5 Å². The summed E-state index contributed by atoms with van der Waals surface area (Å²) in [6.07, 6.45) is 1.51.